The van der Waals surface area contributed by atoms with E-state index in [4.69, 9.17) is 14.2 Å². The van der Waals surface area contributed by atoms with E-state index in [0.29, 0.717) is 50.5 Å². The molecule has 1 aromatic carbocycles. The number of pyridine rings is 1. The van der Waals surface area contributed by atoms with Crippen LogP contribution in [0.3, 0.4) is 0 Å². The largest absolute Gasteiger partial charge is 0.486 e. The van der Waals surface area contributed by atoms with Gasteiger partial charge in [0, 0.05) is 36.7 Å². The summed E-state index contributed by atoms with van der Waals surface area (Å²) in [6.07, 6.45) is 5.46. The second kappa shape index (κ2) is 10.1. The zero-order valence-electron chi connectivity index (χ0n) is 19.8. The number of rotatable bonds is 9. The van der Waals surface area contributed by atoms with Crippen molar-refractivity contribution >= 4 is 10.9 Å². The summed E-state index contributed by atoms with van der Waals surface area (Å²) >= 11 is 0. The van der Waals surface area contributed by atoms with Gasteiger partial charge in [-0.2, -0.15) is 0 Å². The number of benzene rings is 1. The van der Waals surface area contributed by atoms with E-state index in [1.807, 2.05) is 22.9 Å². The van der Waals surface area contributed by atoms with Crippen LogP contribution in [0, 0.1) is 0 Å². The van der Waals surface area contributed by atoms with Crippen LogP contribution in [0.2, 0.25) is 0 Å². The SMILES string of the molecule is CC[C@@H](c1nnnn1CCOC)N(Cc1cc2cc3c(cc2[nH]c1=O)OCCO3)C1CCCC1. The van der Waals surface area contributed by atoms with E-state index in [-0.39, 0.29) is 11.6 Å². The number of hydrogen-bond donors (Lipinski definition) is 1. The van der Waals surface area contributed by atoms with Gasteiger partial charge in [-0.3, -0.25) is 9.69 Å². The van der Waals surface area contributed by atoms with E-state index in [1.165, 1.54) is 12.8 Å². The number of methoxy groups -OCH3 is 1. The Bertz CT molecular complexity index is 1190. The normalized spacial score (nSPS) is 17.0. The number of fused-ring (bicyclic) bond motifs is 2. The molecule has 0 amide bonds. The highest BCUT2D eigenvalue weighted by atomic mass is 16.6. The van der Waals surface area contributed by atoms with Gasteiger partial charge in [-0.05, 0) is 41.8 Å². The fourth-order valence-corrected chi connectivity index (χ4v) is 5.18. The number of nitrogens with zero attached hydrogens (tertiary/aromatic N) is 5. The van der Waals surface area contributed by atoms with Crippen LogP contribution >= 0.6 is 0 Å². The highest BCUT2D eigenvalue weighted by molar-refractivity contribution is 5.83. The first kappa shape index (κ1) is 22.8. The Kier molecular flexibility index (Phi) is 6.77. The summed E-state index contributed by atoms with van der Waals surface area (Å²) < 4.78 is 18.5. The smallest absolute Gasteiger partial charge is 0.252 e. The van der Waals surface area contributed by atoms with Crippen molar-refractivity contribution < 1.29 is 14.2 Å². The lowest BCUT2D eigenvalue weighted by molar-refractivity contribution is 0.109. The van der Waals surface area contributed by atoms with E-state index in [2.05, 4.69) is 32.3 Å². The second-order valence-corrected chi connectivity index (χ2v) is 8.99. The first-order chi connectivity index (χ1) is 16.7. The molecular weight excluding hydrogens is 436 g/mol. The van der Waals surface area contributed by atoms with Crippen LogP contribution in [0.5, 0.6) is 11.5 Å². The van der Waals surface area contributed by atoms with Crippen molar-refractivity contribution in [3.8, 4) is 11.5 Å². The van der Waals surface area contributed by atoms with Gasteiger partial charge in [0.25, 0.3) is 5.56 Å². The molecule has 1 aliphatic carbocycles. The molecule has 1 fully saturated rings. The molecule has 1 saturated carbocycles. The standard InChI is InChI=1S/C24H32N6O4/c1-3-20(23-26-27-28-30(23)8-9-32-2)29(18-6-4-5-7-18)15-17-12-16-13-21-22(34-11-10-33-21)14-19(16)25-24(17)31/h12-14,18,20H,3-11,15H2,1-2H3,(H,25,31)/t20-/m0/s1. The van der Waals surface area contributed by atoms with Crippen molar-refractivity contribution in [2.24, 2.45) is 0 Å². The molecule has 0 saturated heterocycles. The van der Waals surface area contributed by atoms with Crippen LogP contribution in [0.25, 0.3) is 10.9 Å². The molecule has 182 valence electrons. The molecule has 3 heterocycles. The first-order valence-electron chi connectivity index (χ1n) is 12.1. The highest BCUT2D eigenvalue weighted by Crippen LogP contribution is 2.35. The van der Waals surface area contributed by atoms with Gasteiger partial charge in [0.1, 0.15) is 13.2 Å². The predicted molar refractivity (Wildman–Crippen MR) is 126 cm³/mol. The zero-order valence-corrected chi connectivity index (χ0v) is 19.8. The van der Waals surface area contributed by atoms with E-state index >= 15 is 0 Å². The van der Waals surface area contributed by atoms with Gasteiger partial charge in [-0.15, -0.1) is 5.10 Å². The third-order valence-electron chi connectivity index (χ3n) is 6.88. The molecule has 0 bridgehead atoms. The summed E-state index contributed by atoms with van der Waals surface area (Å²) in [5, 5.41) is 13.5. The first-order valence-corrected chi connectivity index (χ1v) is 12.1. The Morgan fingerprint density at radius 2 is 1.97 bits per heavy atom. The van der Waals surface area contributed by atoms with Gasteiger partial charge >= 0.3 is 0 Å². The minimum absolute atomic E-state index is 0.00493. The Hall–Kier alpha value is -2.98. The van der Waals surface area contributed by atoms with Gasteiger partial charge in [0.2, 0.25) is 0 Å². The Labute approximate surface area is 198 Å². The molecule has 0 spiro atoms. The van der Waals surface area contributed by atoms with Crippen LogP contribution in [0.4, 0.5) is 0 Å². The molecule has 3 aromatic rings. The lowest BCUT2D eigenvalue weighted by Crippen LogP contribution is -2.39. The highest BCUT2D eigenvalue weighted by Gasteiger charge is 2.32. The molecule has 10 heteroatoms. The quantitative estimate of drug-likeness (QED) is 0.511. The number of nitrogens with one attached hydrogen (secondary N) is 1. The summed E-state index contributed by atoms with van der Waals surface area (Å²) in [4.78, 5) is 18.6. The van der Waals surface area contributed by atoms with Crippen molar-refractivity contribution in [3.63, 3.8) is 0 Å². The molecule has 2 aromatic heterocycles. The number of H-pyrrole nitrogens is 1. The Morgan fingerprint density at radius 3 is 2.71 bits per heavy atom. The minimum Gasteiger partial charge on any atom is -0.486 e. The predicted octanol–water partition coefficient (Wildman–Crippen LogP) is 2.83. The summed E-state index contributed by atoms with van der Waals surface area (Å²) in [6.45, 7) is 4.85. The molecule has 0 radical (unpaired) electrons. The monoisotopic (exact) mass is 468 g/mol. The Morgan fingerprint density at radius 1 is 1.21 bits per heavy atom. The molecule has 5 rings (SSSR count). The van der Waals surface area contributed by atoms with Gasteiger partial charge in [-0.1, -0.05) is 19.8 Å². The second-order valence-electron chi connectivity index (χ2n) is 8.99. The van der Waals surface area contributed by atoms with Crippen molar-refractivity contribution in [2.45, 2.75) is 64.2 Å². The van der Waals surface area contributed by atoms with E-state index < -0.39 is 0 Å². The van der Waals surface area contributed by atoms with Crippen LogP contribution in [-0.2, 0) is 17.8 Å². The molecule has 10 nitrogen and oxygen atoms in total. The van der Waals surface area contributed by atoms with E-state index in [0.717, 1.165) is 41.6 Å². The van der Waals surface area contributed by atoms with Gasteiger partial charge in [0.15, 0.2) is 17.3 Å². The van der Waals surface area contributed by atoms with Gasteiger partial charge < -0.3 is 19.2 Å². The topological polar surface area (TPSA) is 107 Å². The molecule has 1 aliphatic heterocycles. The van der Waals surface area contributed by atoms with Crippen molar-refractivity contribution in [1.29, 1.82) is 0 Å². The number of tetrazole rings is 1. The van der Waals surface area contributed by atoms with Crippen LogP contribution in [0.1, 0.15) is 56.5 Å². The summed E-state index contributed by atoms with van der Waals surface area (Å²) in [7, 11) is 1.67. The fourth-order valence-electron chi connectivity index (χ4n) is 5.18. The third-order valence-corrected chi connectivity index (χ3v) is 6.88. The fraction of sp³-hybridized carbons (Fsp3) is 0.583. The number of ether oxygens (including phenoxy) is 3. The molecule has 0 unspecified atom stereocenters. The average molecular weight is 469 g/mol. The minimum atomic E-state index is -0.0824. The van der Waals surface area contributed by atoms with Crippen molar-refractivity contribution in [2.75, 3.05) is 26.9 Å². The lowest BCUT2D eigenvalue weighted by Gasteiger charge is -2.35. The van der Waals surface area contributed by atoms with E-state index in [9.17, 15) is 4.79 Å². The van der Waals surface area contributed by atoms with Gasteiger partial charge in [0.05, 0.1) is 24.7 Å². The lowest BCUT2D eigenvalue weighted by atomic mass is 10.0. The van der Waals surface area contributed by atoms with Crippen LogP contribution in [0.15, 0.2) is 23.0 Å². The zero-order chi connectivity index (χ0) is 23.5. The third kappa shape index (κ3) is 4.52. The molecule has 2 aliphatic rings. The maximum atomic E-state index is 13.1. The number of aromatic nitrogens is 5. The van der Waals surface area contributed by atoms with Crippen molar-refractivity contribution in [3.05, 3.63) is 39.9 Å². The summed E-state index contributed by atoms with van der Waals surface area (Å²) in [6, 6.07) is 6.17. The van der Waals surface area contributed by atoms with Gasteiger partial charge in [-0.25, -0.2) is 4.68 Å². The van der Waals surface area contributed by atoms with E-state index in [1.54, 1.807) is 7.11 Å². The maximum Gasteiger partial charge on any atom is 0.252 e. The average Bonchev–Trinajstić information content (AvgIpc) is 3.54. The molecule has 1 atom stereocenters. The van der Waals surface area contributed by atoms with Crippen LogP contribution < -0.4 is 15.0 Å². The number of hydrogen-bond acceptors (Lipinski definition) is 8. The summed E-state index contributed by atoms with van der Waals surface area (Å²) in [5.41, 5.74) is 1.40. The maximum absolute atomic E-state index is 13.1. The Balaban J connectivity index is 1.50. The number of aromatic amines is 1. The van der Waals surface area contributed by atoms with Crippen LogP contribution in [-0.4, -0.2) is 63.1 Å². The molecule has 1 N–H and O–H groups in total. The molecule has 34 heavy (non-hydrogen) atoms. The summed E-state index contributed by atoms with van der Waals surface area (Å²) in [5.74, 6) is 2.21. The molecular formula is C24H32N6O4. The van der Waals surface area contributed by atoms with Crippen molar-refractivity contribution in [1.82, 2.24) is 30.1 Å².